The first kappa shape index (κ1) is 21.4. The first-order valence-electron chi connectivity index (χ1n) is 11.2. The SMILES string of the molecule is CCOC(=O)CN1CCC[C@@H]1C(=O)N1CCC[C@H]1CCc1cc2ccc(C#N)cc2o1. The number of hydrogen-bond acceptors (Lipinski definition) is 6. The number of benzene rings is 1. The number of carbonyl (C=O) groups is 2. The van der Waals surface area contributed by atoms with Crippen molar-refractivity contribution in [2.75, 3.05) is 26.2 Å². The van der Waals surface area contributed by atoms with Crippen LogP contribution in [0.15, 0.2) is 28.7 Å². The summed E-state index contributed by atoms with van der Waals surface area (Å²) >= 11 is 0. The third kappa shape index (κ3) is 4.75. The molecular weight excluding hydrogens is 394 g/mol. The third-order valence-corrected chi connectivity index (χ3v) is 6.37. The van der Waals surface area contributed by atoms with Gasteiger partial charge in [-0.05, 0) is 69.8 Å². The van der Waals surface area contributed by atoms with Crippen LogP contribution in [0.4, 0.5) is 0 Å². The molecule has 3 heterocycles. The van der Waals surface area contributed by atoms with Crippen molar-refractivity contribution in [1.29, 1.82) is 5.26 Å². The average Bonchev–Trinajstić information content (AvgIpc) is 3.50. The molecule has 0 bridgehead atoms. The predicted molar refractivity (Wildman–Crippen MR) is 115 cm³/mol. The van der Waals surface area contributed by atoms with Gasteiger partial charge in [-0.2, -0.15) is 5.26 Å². The van der Waals surface area contributed by atoms with Gasteiger partial charge < -0.3 is 14.1 Å². The zero-order chi connectivity index (χ0) is 21.8. The molecule has 4 rings (SSSR count). The number of ether oxygens (including phenoxy) is 1. The molecule has 2 aliphatic heterocycles. The number of aryl methyl sites for hydroxylation is 1. The molecule has 0 radical (unpaired) electrons. The van der Waals surface area contributed by atoms with Crippen LogP contribution in [0.25, 0.3) is 11.0 Å². The van der Waals surface area contributed by atoms with Crippen LogP contribution in [0, 0.1) is 11.3 Å². The Morgan fingerprint density at radius 2 is 2.06 bits per heavy atom. The highest BCUT2D eigenvalue weighted by molar-refractivity contribution is 5.84. The lowest BCUT2D eigenvalue weighted by atomic mass is 10.1. The van der Waals surface area contributed by atoms with Crippen LogP contribution >= 0.6 is 0 Å². The van der Waals surface area contributed by atoms with E-state index in [2.05, 4.69) is 6.07 Å². The summed E-state index contributed by atoms with van der Waals surface area (Å²) in [5.41, 5.74) is 1.32. The van der Waals surface area contributed by atoms with Crippen molar-refractivity contribution in [3.8, 4) is 6.07 Å². The van der Waals surface area contributed by atoms with Crippen LogP contribution in [0.2, 0.25) is 0 Å². The number of furan rings is 1. The van der Waals surface area contributed by atoms with Crippen LogP contribution in [-0.2, 0) is 20.7 Å². The van der Waals surface area contributed by atoms with Crippen LogP contribution in [0.1, 0.15) is 50.4 Å². The van der Waals surface area contributed by atoms with E-state index in [0.29, 0.717) is 12.2 Å². The topological polar surface area (TPSA) is 86.8 Å². The fraction of sp³-hybridized carbons (Fsp3) is 0.542. The van der Waals surface area contributed by atoms with Gasteiger partial charge in [-0.1, -0.05) is 0 Å². The number of fused-ring (bicyclic) bond motifs is 1. The van der Waals surface area contributed by atoms with Gasteiger partial charge in [0.05, 0.1) is 30.8 Å². The van der Waals surface area contributed by atoms with Gasteiger partial charge in [0.2, 0.25) is 5.91 Å². The number of likely N-dealkylation sites (tertiary alicyclic amines) is 2. The lowest BCUT2D eigenvalue weighted by molar-refractivity contribution is -0.146. The Labute approximate surface area is 182 Å². The van der Waals surface area contributed by atoms with E-state index in [0.717, 1.165) is 68.3 Å². The lowest BCUT2D eigenvalue weighted by Crippen LogP contribution is -2.48. The summed E-state index contributed by atoms with van der Waals surface area (Å²) in [5, 5.41) is 10.1. The largest absolute Gasteiger partial charge is 0.465 e. The summed E-state index contributed by atoms with van der Waals surface area (Å²) in [4.78, 5) is 29.2. The van der Waals surface area contributed by atoms with Crippen LogP contribution in [0.5, 0.6) is 0 Å². The second-order valence-corrected chi connectivity index (χ2v) is 8.38. The quantitative estimate of drug-likeness (QED) is 0.636. The maximum atomic E-state index is 13.3. The van der Waals surface area contributed by atoms with Gasteiger partial charge in [0.15, 0.2) is 0 Å². The smallest absolute Gasteiger partial charge is 0.320 e. The molecule has 7 heteroatoms. The first-order valence-corrected chi connectivity index (χ1v) is 11.2. The monoisotopic (exact) mass is 423 g/mol. The number of nitriles is 1. The van der Waals surface area contributed by atoms with Gasteiger partial charge in [0.1, 0.15) is 11.3 Å². The Balaban J connectivity index is 1.38. The molecule has 0 spiro atoms. The third-order valence-electron chi connectivity index (χ3n) is 6.37. The van der Waals surface area contributed by atoms with Crippen molar-refractivity contribution in [2.45, 2.75) is 57.5 Å². The summed E-state index contributed by atoms with van der Waals surface area (Å²) in [7, 11) is 0. The number of amides is 1. The Bertz CT molecular complexity index is 992. The molecule has 0 unspecified atom stereocenters. The number of hydrogen-bond donors (Lipinski definition) is 0. The van der Waals surface area contributed by atoms with Gasteiger partial charge in [-0.3, -0.25) is 14.5 Å². The van der Waals surface area contributed by atoms with Gasteiger partial charge in [-0.25, -0.2) is 0 Å². The van der Waals surface area contributed by atoms with Gasteiger partial charge in [0, 0.05) is 24.4 Å². The van der Waals surface area contributed by atoms with E-state index >= 15 is 0 Å². The molecule has 31 heavy (non-hydrogen) atoms. The van der Waals surface area contributed by atoms with E-state index in [9.17, 15) is 9.59 Å². The predicted octanol–water partition coefficient (Wildman–Crippen LogP) is 3.26. The minimum atomic E-state index is -0.260. The normalized spacial score (nSPS) is 21.5. The highest BCUT2D eigenvalue weighted by atomic mass is 16.5. The molecule has 164 valence electrons. The Morgan fingerprint density at radius 1 is 1.23 bits per heavy atom. The minimum absolute atomic E-state index is 0.146. The standard InChI is InChI=1S/C24H29N3O4/c1-2-30-23(28)16-26-11-4-6-21(26)24(29)27-12-3-5-19(27)9-10-20-14-18-8-7-17(15-25)13-22(18)31-20/h7-8,13-14,19,21H,2-6,9-12,16H2,1H3/t19-,21+/m0/s1. The summed E-state index contributed by atoms with van der Waals surface area (Å²) in [6.07, 6.45) is 5.33. The molecule has 2 aromatic rings. The second kappa shape index (κ2) is 9.52. The second-order valence-electron chi connectivity index (χ2n) is 8.38. The van der Waals surface area contributed by atoms with Gasteiger partial charge >= 0.3 is 5.97 Å². The van der Waals surface area contributed by atoms with E-state index < -0.39 is 0 Å². The Hall–Kier alpha value is -2.85. The average molecular weight is 424 g/mol. The van der Waals surface area contributed by atoms with E-state index in [4.69, 9.17) is 14.4 Å². The number of carbonyl (C=O) groups excluding carboxylic acids is 2. The van der Waals surface area contributed by atoms with Crippen LogP contribution in [0.3, 0.4) is 0 Å². The maximum Gasteiger partial charge on any atom is 0.320 e. The van der Waals surface area contributed by atoms with E-state index in [1.165, 1.54) is 0 Å². The van der Waals surface area contributed by atoms with Crippen molar-refractivity contribution in [3.63, 3.8) is 0 Å². The van der Waals surface area contributed by atoms with Gasteiger partial charge in [-0.15, -0.1) is 0 Å². The van der Waals surface area contributed by atoms with E-state index in [1.54, 1.807) is 19.1 Å². The van der Waals surface area contributed by atoms with Crippen LogP contribution < -0.4 is 0 Å². The molecule has 1 aromatic carbocycles. The minimum Gasteiger partial charge on any atom is -0.465 e. The van der Waals surface area contributed by atoms with Crippen LogP contribution in [-0.4, -0.2) is 60.0 Å². The molecule has 2 atom stereocenters. The Morgan fingerprint density at radius 3 is 2.87 bits per heavy atom. The highest BCUT2D eigenvalue weighted by Crippen LogP contribution is 2.28. The molecule has 0 saturated carbocycles. The van der Waals surface area contributed by atoms with Crippen molar-refractivity contribution < 1.29 is 18.7 Å². The molecule has 1 aromatic heterocycles. The molecule has 0 aliphatic carbocycles. The zero-order valence-electron chi connectivity index (χ0n) is 18.0. The van der Waals surface area contributed by atoms with Crippen molar-refractivity contribution >= 4 is 22.8 Å². The summed E-state index contributed by atoms with van der Waals surface area (Å²) < 4.78 is 11.0. The van der Waals surface area contributed by atoms with Gasteiger partial charge in [0.25, 0.3) is 0 Å². The molecule has 7 nitrogen and oxygen atoms in total. The molecule has 0 N–H and O–H groups in total. The fourth-order valence-corrected chi connectivity index (χ4v) is 4.87. The fourth-order valence-electron chi connectivity index (χ4n) is 4.87. The molecular formula is C24H29N3O4. The molecule has 2 saturated heterocycles. The number of esters is 1. The van der Waals surface area contributed by atoms with Crippen molar-refractivity contribution in [3.05, 3.63) is 35.6 Å². The van der Waals surface area contributed by atoms with E-state index in [-0.39, 0.29) is 30.5 Å². The van der Waals surface area contributed by atoms with Crippen molar-refractivity contribution in [1.82, 2.24) is 9.80 Å². The Kier molecular flexibility index (Phi) is 6.57. The van der Waals surface area contributed by atoms with E-state index in [1.807, 2.05) is 21.9 Å². The van der Waals surface area contributed by atoms with Crippen molar-refractivity contribution in [2.24, 2.45) is 0 Å². The summed E-state index contributed by atoms with van der Waals surface area (Å²) in [6, 6.07) is 9.60. The summed E-state index contributed by atoms with van der Waals surface area (Å²) in [5.74, 6) is 0.770. The summed E-state index contributed by atoms with van der Waals surface area (Å²) in [6.45, 7) is 3.88. The lowest BCUT2D eigenvalue weighted by Gasteiger charge is -2.31. The highest BCUT2D eigenvalue weighted by Gasteiger charge is 2.38. The number of nitrogens with zero attached hydrogens (tertiary/aromatic N) is 3. The molecule has 2 fully saturated rings. The first-order chi connectivity index (χ1) is 15.1. The number of rotatable bonds is 7. The molecule has 2 aliphatic rings. The zero-order valence-corrected chi connectivity index (χ0v) is 18.0. The molecule has 1 amide bonds. The maximum absolute atomic E-state index is 13.3.